The van der Waals surface area contributed by atoms with Gasteiger partial charge >= 0.3 is 0 Å². The highest BCUT2D eigenvalue weighted by Crippen LogP contribution is 2.22. The van der Waals surface area contributed by atoms with Crippen molar-refractivity contribution in [3.05, 3.63) is 78.4 Å². The molecule has 0 saturated heterocycles. The second-order valence-electron chi connectivity index (χ2n) is 6.03. The molecule has 0 N–H and O–H groups in total. The van der Waals surface area contributed by atoms with Crippen LogP contribution in [0.3, 0.4) is 0 Å². The van der Waals surface area contributed by atoms with E-state index in [2.05, 4.69) is 10.1 Å². The average Bonchev–Trinajstić information content (AvgIpc) is 3.36. The molecule has 2 heterocycles. The molecule has 0 saturated carbocycles. The fourth-order valence-electron chi connectivity index (χ4n) is 2.89. The van der Waals surface area contributed by atoms with Crippen molar-refractivity contribution in [2.24, 2.45) is 5.10 Å². The van der Waals surface area contributed by atoms with Crippen LogP contribution in [0.1, 0.15) is 12.0 Å². The van der Waals surface area contributed by atoms with Crippen LogP contribution in [0.5, 0.6) is 0 Å². The lowest BCUT2D eigenvalue weighted by Crippen LogP contribution is -2.25. The Bertz CT molecular complexity index is 986. The highest BCUT2D eigenvalue weighted by Gasteiger charge is 2.22. The monoisotopic (exact) mass is 380 g/mol. The third-order valence-electron chi connectivity index (χ3n) is 4.21. The second-order valence-corrected chi connectivity index (χ2v) is 6.97. The van der Waals surface area contributed by atoms with Crippen molar-refractivity contribution < 1.29 is 9.18 Å². The van der Waals surface area contributed by atoms with Crippen molar-refractivity contribution in [3.63, 3.8) is 0 Å². The van der Waals surface area contributed by atoms with E-state index >= 15 is 0 Å². The molecule has 27 heavy (non-hydrogen) atoms. The minimum atomic E-state index is -0.312. The molecule has 1 aromatic heterocycles. The van der Waals surface area contributed by atoms with Crippen molar-refractivity contribution in [1.82, 2.24) is 14.6 Å². The largest absolute Gasteiger partial charge is 0.295 e. The first-order chi connectivity index (χ1) is 13.2. The molecule has 0 unspecified atom stereocenters. The molecule has 0 atom stereocenters. The summed E-state index contributed by atoms with van der Waals surface area (Å²) in [6.07, 6.45) is 4.14. The van der Waals surface area contributed by atoms with Crippen LogP contribution in [0, 0.1) is 5.82 Å². The number of rotatable bonds is 5. The molecule has 1 amide bonds. The maximum absolute atomic E-state index is 13.5. The fraction of sp³-hybridized carbons (Fsp3) is 0.150. The molecule has 0 bridgehead atoms. The highest BCUT2D eigenvalue weighted by molar-refractivity contribution is 7.99. The van der Waals surface area contributed by atoms with E-state index in [0.29, 0.717) is 17.4 Å². The number of aromatic nitrogens is 2. The maximum atomic E-state index is 13.5. The van der Waals surface area contributed by atoms with Gasteiger partial charge in [-0.2, -0.15) is 5.10 Å². The summed E-state index contributed by atoms with van der Waals surface area (Å²) in [6, 6.07) is 16.2. The second kappa shape index (κ2) is 7.75. The Morgan fingerprint density at radius 2 is 2.00 bits per heavy atom. The van der Waals surface area contributed by atoms with E-state index in [1.807, 2.05) is 30.3 Å². The van der Waals surface area contributed by atoms with E-state index in [-0.39, 0.29) is 17.5 Å². The van der Waals surface area contributed by atoms with E-state index in [0.717, 1.165) is 17.7 Å². The summed E-state index contributed by atoms with van der Waals surface area (Å²) in [6.45, 7) is 0.585. The molecule has 7 heteroatoms. The number of benzene rings is 2. The van der Waals surface area contributed by atoms with Crippen molar-refractivity contribution in [2.75, 3.05) is 12.3 Å². The minimum absolute atomic E-state index is 0.0697. The topological polar surface area (TPSA) is 50.5 Å². The number of thioether (sulfide) groups is 1. The Hall–Kier alpha value is -2.93. The summed E-state index contributed by atoms with van der Waals surface area (Å²) in [5.74, 6) is -0.162. The Kier molecular flexibility index (Phi) is 5.02. The van der Waals surface area contributed by atoms with Crippen LogP contribution >= 0.6 is 11.8 Å². The van der Waals surface area contributed by atoms with Gasteiger partial charge < -0.3 is 0 Å². The lowest BCUT2D eigenvalue weighted by atomic mass is 10.1. The number of hydrogen-bond acceptors (Lipinski definition) is 4. The van der Waals surface area contributed by atoms with Gasteiger partial charge in [-0.1, -0.05) is 48.2 Å². The van der Waals surface area contributed by atoms with Crippen molar-refractivity contribution >= 4 is 23.4 Å². The molecule has 136 valence electrons. The molecule has 2 aromatic carbocycles. The van der Waals surface area contributed by atoms with Crippen molar-refractivity contribution in [1.29, 1.82) is 0 Å². The van der Waals surface area contributed by atoms with Gasteiger partial charge in [-0.05, 0) is 23.8 Å². The summed E-state index contributed by atoms with van der Waals surface area (Å²) >= 11 is 1.32. The third kappa shape index (κ3) is 3.93. The van der Waals surface area contributed by atoms with Gasteiger partial charge in [-0.3, -0.25) is 9.36 Å². The Morgan fingerprint density at radius 3 is 2.81 bits per heavy atom. The summed E-state index contributed by atoms with van der Waals surface area (Å²) in [5.41, 5.74) is 2.64. The van der Waals surface area contributed by atoms with E-state index < -0.39 is 0 Å². The smallest absolute Gasteiger partial charge is 0.253 e. The molecule has 4 rings (SSSR count). The molecule has 0 fully saturated rings. The number of imidazole rings is 1. The number of amides is 1. The van der Waals surface area contributed by atoms with Crippen LogP contribution in [0.4, 0.5) is 4.39 Å². The quantitative estimate of drug-likeness (QED) is 0.634. The highest BCUT2D eigenvalue weighted by atomic mass is 32.2. The predicted molar refractivity (Wildman–Crippen MR) is 104 cm³/mol. The predicted octanol–water partition coefficient (Wildman–Crippen LogP) is 3.74. The molecule has 0 spiro atoms. The Balaban J connectivity index is 1.42. The van der Waals surface area contributed by atoms with Crippen LogP contribution < -0.4 is 0 Å². The van der Waals surface area contributed by atoms with Crippen molar-refractivity contribution in [3.8, 4) is 5.69 Å². The van der Waals surface area contributed by atoms with Gasteiger partial charge in [0.15, 0.2) is 5.16 Å². The minimum Gasteiger partial charge on any atom is -0.295 e. The number of hydrogen-bond donors (Lipinski definition) is 0. The number of carbonyl (C=O) groups excluding carboxylic acids is 1. The van der Waals surface area contributed by atoms with Gasteiger partial charge in [0.05, 0.1) is 23.7 Å². The fourth-order valence-corrected chi connectivity index (χ4v) is 3.73. The molecule has 3 aromatic rings. The molecule has 1 aliphatic rings. The number of hydrazone groups is 1. The third-order valence-corrected chi connectivity index (χ3v) is 5.17. The van der Waals surface area contributed by atoms with E-state index in [9.17, 15) is 9.18 Å². The lowest BCUT2D eigenvalue weighted by molar-refractivity contribution is -0.127. The zero-order valence-electron chi connectivity index (χ0n) is 14.5. The van der Waals surface area contributed by atoms with Crippen LogP contribution in [-0.4, -0.2) is 38.5 Å². The normalized spacial score (nSPS) is 13.7. The van der Waals surface area contributed by atoms with Crippen LogP contribution in [-0.2, 0) is 4.79 Å². The first-order valence-electron chi connectivity index (χ1n) is 8.56. The van der Waals surface area contributed by atoms with E-state index in [1.54, 1.807) is 29.1 Å². The Morgan fingerprint density at radius 1 is 1.15 bits per heavy atom. The number of nitrogens with zero attached hydrogens (tertiary/aromatic N) is 4. The zero-order chi connectivity index (χ0) is 18.6. The average molecular weight is 380 g/mol. The molecule has 0 radical (unpaired) electrons. The summed E-state index contributed by atoms with van der Waals surface area (Å²) in [4.78, 5) is 16.8. The zero-order valence-corrected chi connectivity index (χ0v) is 15.3. The standard InChI is InChI=1S/C20H17FN4OS/c21-16-7-4-8-17(13-16)24-12-10-22-20(24)27-14-19(26)25-11-9-18(23-25)15-5-2-1-3-6-15/h1-8,10,12-13H,9,11,14H2. The van der Waals surface area contributed by atoms with Crippen LogP contribution in [0.15, 0.2) is 77.2 Å². The molecule has 0 aliphatic carbocycles. The SMILES string of the molecule is O=C(CSc1nccn1-c1cccc(F)c1)N1CCC(c2ccccc2)=N1. The van der Waals surface area contributed by atoms with Gasteiger partial charge in [-0.15, -0.1) is 0 Å². The summed E-state index contributed by atoms with van der Waals surface area (Å²) in [5, 5.41) is 6.62. The van der Waals surface area contributed by atoms with Gasteiger partial charge in [0.25, 0.3) is 5.91 Å². The van der Waals surface area contributed by atoms with E-state index in [1.165, 1.54) is 28.9 Å². The first-order valence-corrected chi connectivity index (χ1v) is 9.54. The molecule has 5 nitrogen and oxygen atoms in total. The van der Waals surface area contributed by atoms with Gasteiger partial charge in [0.1, 0.15) is 5.82 Å². The maximum Gasteiger partial charge on any atom is 0.253 e. The van der Waals surface area contributed by atoms with Crippen LogP contribution in [0.25, 0.3) is 5.69 Å². The first kappa shape index (κ1) is 17.5. The summed E-state index contributed by atoms with van der Waals surface area (Å²) < 4.78 is 15.2. The lowest BCUT2D eigenvalue weighted by Gasteiger charge is -2.11. The number of carbonyl (C=O) groups is 1. The van der Waals surface area contributed by atoms with Crippen LogP contribution in [0.2, 0.25) is 0 Å². The van der Waals surface area contributed by atoms with Crippen molar-refractivity contribution in [2.45, 2.75) is 11.6 Å². The number of halogens is 1. The molecular weight excluding hydrogens is 363 g/mol. The van der Waals surface area contributed by atoms with Gasteiger partial charge in [-0.25, -0.2) is 14.4 Å². The Labute approximate surface area is 160 Å². The van der Waals surface area contributed by atoms with Gasteiger partial charge in [0, 0.05) is 18.8 Å². The summed E-state index contributed by atoms with van der Waals surface area (Å²) in [7, 11) is 0. The molecular formula is C20H17FN4OS. The van der Waals surface area contributed by atoms with Gasteiger partial charge in [0.2, 0.25) is 0 Å². The molecule has 1 aliphatic heterocycles. The van der Waals surface area contributed by atoms with E-state index in [4.69, 9.17) is 0 Å².